The fraction of sp³-hybridized carbons (Fsp3) is 0.880. The minimum Gasteiger partial charge on any atom is -0.744 e. The minimum atomic E-state index is -4.35. The smallest absolute Gasteiger partial charge is 0.744 e. The molecule has 0 aliphatic carbocycles. The van der Waals surface area contributed by atoms with Gasteiger partial charge in [-0.05, 0) is 61.1 Å². The van der Waals surface area contributed by atoms with E-state index in [0.717, 1.165) is 36.8 Å². The second-order valence-corrected chi connectivity index (χ2v) is 37.5. The molecule has 0 radical (unpaired) electrons. The van der Waals surface area contributed by atoms with Crippen LogP contribution in [0.1, 0.15) is 564 Å². The Labute approximate surface area is 699 Å². The van der Waals surface area contributed by atoms with Gasteiger partial charge in [-0.2, -0.15) is 0 Å². The minimum absolute atomic E-state index is 0. The molecule has 109 heavy (non-hydrogen) atoms. The molecule has 0 aliphatic heterocycles. The second kappa shape index (κ2) is 87.9. The zero-order valence-electron chi connectivity index (χ0n) is 73.4. The molecule has 0 spiro atoms. The number of aryl methyl sites for hydroxylation is 2. The predicted molar refractivity (Wildman–Crippen MR) is 481 cm³/mol. The summed E-state index contributed by atoms with van der Waals surface area (Å²) in [6, 6.07) is 13.0. The molecule has 6 nitrogen and oxygen atoms in total. The Balaban J connectivity index is 0.00000212. The Morgan fingerprint density at radius 3 is 0.404 bits per heavy atom. The number of hydrogen-bond donors (Lipinski definition) is 0. The van der Waals surface area contributed by atoms with Gasteiger partial charge in [-0.15, -0.1) is 0 Å². The summed E-state index contributed by atoms with van der Waals surface area (Å²) < 4.78 is 67.1. The van der Waals surface area contributed by atoms with Crippen molar-refractivity contribution in [3.63, 3.8) is 0 Å². The Morgan fingerprint density at radius 1 is 0.183 bits per heavy atom. The number of unbranched alkanes of at least 4 members (excludes halogenated alkanes) is 82. The van der Waals surface area contributed by atoms with Gasteiger partial charge in [0, 0.05) is 0 Å². The Bertz CT molecular complexity index is 2150. The number of rotatable bonds is 88. The van der Waals surface area contributed by atoms with Gasteiger partial charge >= 0.3 is 23.1 Å². The van der Waals surface area contributed by atoms with Crippen LogP contribution in [0.2, 0.25) is 0 Å². The van der Waals surface area contributed by atoms with E-state index in [4.69, 9.17) is 0 Å². The molecule has 0 aromatic heterocycles. The van der Waals surface area contributed by atoms with Crippen molar-refractivity contribution < 1.29 is 25.9 Å². The van der Waals surface area contributed by atoms with Gasteiger partial charge in [-0.25, -0.2) is 16.8 Å². The first-order valence-corrected chi connectivity index (χ1v) is 52.0. The van der Waals surface area contributed by atoms with E-state index in [1.54, 1.807) is 12.1 Å². The SMILES string of the molecule is CCCCCCCCCCCCCCCCCCCCCCCCCCCCCCCCCCCCCCCCCCCCc1cccc(S(=O)(=O)[O-])c1.CCCCCCCCCCCCCCCCCCCCCCCCCCCCCCCCCCCCCCCCCCCCc1cccc(S(=O)(=O)[O-])c1.[Mg+2]. The van der Waals surface area contributed by atoms with Crippen molar-refractivity contribution >= 4 is 43.3 Å². The maximum atomic E-state index is 11.2. The predicted octanol–water partition coefficient (Wildman–Crippen LogP) is 34.7. The van der Waals surface area contributed by atoms with Gasteiger partial charge in [0.15, 0.2) is 0 Å². The monoisotopic (exact) mass is 1570 g/mol. The van der Waals surface area contributed by atoms with E-state index in [2.05, 4.69) is 13.8 Å². The van der Waals surface area contributed by atoms with Crippen LogP contribution < -0.4 is 0 Å². The van der Waals surface area contributed by atoms with Gasteiger partial charge in [0.05, 0.1) is 9.79 Å². The molecule has 0 amide bonds. The van der Waals surface area contributed by atoms with Crippen molar-refractivity contribution in [2.75, 3.05) is 0 Å². The summed E-state index contributed by atoms with van der Waals surface area (Å²) in [5.74, 6) is 0. The summed E-state index contributed by atoms with van der Waals surface area (Å²) in [6.07, 6.45) is 122. The van der Waals surface area contributed by atoms with Gasteiger partial charge in [-0.3, -0.25) is 0 Å². The zero-order valence-corrected chi connectivity index (χ0v) is 76.5. The van der Waals surface area contributed by atoms with Crippen LogP contribution in [0.5, 0.6) is 0 Å². The molecule has 0 unspecified atom stereocenters. The van der Waals surface area contributed by atoms with Crippen molar-refractivity contribution in [2.45, 2.75) is 576 Å². The molecule has 636 valence electrons. The molecular formula is C100H186MgO6S2. The standard InChI is InChI=1S/2C50H94O3S.Mg/c2*1-2-3-4-5-6-7-8-9-10-11-12-13-14-15-16-17-18-19-20-21-22-23-24-25-26-27-28-29-30-31-32-33-34-35-36-37-38-39-40-41-42-43-45-49-46-44-47-50(48-49)54(51,52)53;/h2*44,46-48H,2-43,45H2,1H3,(H,51,52,53);/q;;+2/p-2. The quantitative estimate of drug-likeness (QED) is 0.0370. The van der Waals surface area contributed by atoms with E-state index in [0.29, 0.717) is 0 Å². The summed E-state index contributed by atoms with van der Waals surface area (Å²) >= 11 is 0. The van der Waals surface area contributed by atoms with Gasteiger partial charge < -0.3 is 9.11 Å². The summed E-state index contributed by atoms with van der Waals surface area (Å²) in [5, 5.41) is 0. The van der Waals surface area contributed by atoms with Crippen molar-refractivity contribution in [2.24, 2.45) is 0 Å². The number of benzene rings is 2. The van der Waals surface area contributed by atoms with Gasteiger partial charge in [0.1, 0.15) is 20.2 Å². The van der Waals surface area contributed by atoms with Crippen LogP contribution in [-0.4, -0.2) is 49.0 Å². The van der Waals surface area contributed by atoms with Crippen LogP contribution in [-0.2, 0) is 33.1 Å². The molecular weight excluding hydrogens is 1390 g/mol. The molecule has 9 heteroatoms. The van der Waals surface area contributed by atoms with E-state index in [1.807, 2.05) is 12.1 Å². The summed E-state index contributed by atoms with van der Waals surface area (Å²) in [7, 11) is -8.70. The Kier molecular flexibility index (Phi) is 87.1. The van der Waals surface area contributed by atoms with Gasteiger partial charge in [-0.1, -0.05) is 565 Å². The van der Waals surface area contributed by atoms with Crippen LogP contribution in [0.3, 0.4) is 0 Å². The maximum absolute atomic E-state index is 11.2. The van der Waals surface area contributed by atoms with E-state index in [-0.39, 0.29) is 32.8 Å². The molecule has 0 aliphatic rings. The maximum Gasteiger partial charge on any atom is 2.00 e. The average Bonchev–Trinajstić information content (AvgIpc) is 0.864. The molecule has 0 saturated carbocycles. The normalized spacial score (nSPS) is 11.8. The largest absolute Gasteiger partial charge is 2.00 e. The zero-order chi connectivity index (χ0) is 77.8. The van der Waals surface area contributed by atoms with Crippen molar-refractivity contribution in [3.8, 4) is 0 Å². The van der Waals surface area contributed by atoms with Crippen molar-refractivity contribution in [3.05, 3.63) is 59.7 Å². The summed E-state index contributed by atoms with van der Waals surface area (Å²) in [4.78, 5) is -0.209. The van der Waals surface area contributed by atoms with Crippen LogP contribution in [0.15, 0.2) is 58.3 Å². The van der Waals surface area contributed by atoms with Gasteiger partial charge in [0.25, 0.3) is 0 Å². The molecule has 0 N–H and O–H groups in total. The van der Waals surface area contributed by atoms with Crippen LogP contribution in [0, 0.1) is 0 Å². The summed E-state index contributed by atoms with van der Waals surface area (Å²) in [5.41, 5.74) is 1.91. The molecule has 0 saturated heterocycles. The summed E-state index contributed by atoms with van der Waals surface area (Å²) in [6.45, 7) is 4.61. The molecule has 2 aromatic rings. The Hall–Kier alpha value is -0.974. The Morgan fingerprint density at radius 2 is 0.294 bits per heavy atom. The van der Waals surface area contributed by atoms with Crippen LogP contribution in [0.25, 0.3) is 0 Å². The topological polar surface area (TPSA) is 114 Å². The fourth-order valence-corrected chi connectivity index (χ4v) is 17.7. The first kappa shape index (κ1) is 108. The van der Waals surface area contributed by atoms with Crippen LogP contribution >= 0.6 is 0 Å². The third-order valence-electron chi connectivity index (χ3n) is 24.0. The third kappa shape index (κ3) is 83.3. The van der Waals surface area contributed by atoms with E-state index < -0.39 is 20.2 Å². The van der Waals surface area contributed by atoms with Gasteiger partial charge in [0.2, 0.25) is 0 Å². The molecule has 2 rings (SSSR count). The van der Waals surface area contributed by atoms with Crippen molar-refractivity contribution in [1.82, 2.24) is 0 Å². The molecule has 0 fully saturated rings. The first-order valence-electron chi connectivity index (χ1n) is 49.2. The van der Waals surface area contributed by atoms with Crippen LogP contribution in [0.4, 0.5) is 0 Å². The van der Waals surface area contributed by atoms with E-state index in [1.165, 1.54) is 551 Å². The molecule has 2 aromatic carbocycles. The average molecular weight is 1570 g/mol. The molecule has 0 heterocycles. The van der Waals surface area contributed by atoms with Crippen molar-refractivity contribution in [1.29, 1.82) is 0 Å². The molecule has 0 atom stereocenters. The van der Waals surface area contributed by atoms with E-state index in [9.17, 15) is 25.9 Å². The third-order valence-corrected chi connectivity index (χ3v) is 25.7. The number of hydrogen-bond acceptors (Lipinski definition) is 6. The molecule has 0 bridgehead atoms. The second-order valence-electron chi connectivity index (χ2n) is 34.7. The fourth-order valence-electron chi connectivity index (χ4n) is 16.7. The van der Waals surface area contributed by atoms with E-state index >= 15 is 0 Å². The first-order chi connectivity index (χ1) is 53.1.